The number of amides is 3. The zero-order valence-electron chi connectivity index (χ0n) is 12.4. The zero-order valence-corrected chi connectivity index (χ0v) is 14.5. The molecule has 1 rings (SSSR count). The number of urea groups is 1. The van der Waals surface area contributed by atoms with Crippen molar-refractivity contribution in [3.63, 3.8) is 0 Å². The van der Waals surface area contributed by atoms with Crippen LogP contribution in [0.3, 0.4) is 0 Å². The quantitative estimate of drug-likeness (QED) is 0.357. The van der Waals surface area contributed by atoms with Gasteiger partial charge in [-0.05, 0) is 20.3 Å². The van der Waals surface area contributed by atoms with Gasteiger partial charge in [-0.3, -0.25) is 4.79 Å². The van der Waals surface area contributed by atoms with Gasteiger partial charge in [0, 0.05) is 18.9 Å². The van der Waals surface area contributed by atoms with Gasteiger partial charge in [-0.1, -0.05) is 22.6 Å². The van der Waals surface area contributed by atoms with Crippen molar-refractivity contribution in [2.75, 3.05) is 24.2 Å². The lowest BCUT2D eigenvalue weighted by molar-refractivity contribution is -0.122. The highest BCUT2D eigenvalue weighted by molar-refractivity contribution is 14.1. The third-order valence-electron chi connectivity index (χ3n) is 3.52. The summed E-state index contributed by atoms with van der Waals surface area (Å²) in [6.45, 7) is 3.59. The van der Waals surface area contributed by atoms with Crippen molar-refractivity contribution in [2.24, 2.45) is 5.92 Å². The molecule has 1 fully saturated rings. The molecule has 2 atom stereocenters. The molecule has 0 radical (unpaired) electrons. The van der Waals surface area contributed by atoms with E-state index in [2.05, 4.69) is 10.6 Å². The van der Waals surface area contributed by atoms with E-state index < -0.39 is 11.7 Å². The number of aliphatic hydroxyl groups is 1. The number of carbonyl (C=O) groups is 2. The standard InChI is InChI=1S/C13H23FIN3O3/c1-13(2,7-19)17-12(21)18-4-3-9(10(14)6-18)5-11(20)16-8-15/h9-10,19H,3-8H2,1-2H3,(H,16,20)(H,17,21). The number of aliphatic hydroxyl groups excluding tert-OH is 1. The molecule has 1 aliphatic rings. The Bertz CT molecular complexity index is 382. The zero-order chi connectivity index (χ0) is 16.0. The van der Waals surface area contributed by atoms with E-state index in [0.29, 0.717) is 17.5 Å². The summed E-state index contributed by atoms with van der Waals surface area (Å²) in [4.78, 5) is 24.9. The maximum Gasteiger partial charge on any atom is 0.317 e. The van der Waals surface area contributed by atoms with Crippen molar-refractivity contribution < 1.29 is 19.1 Å². The fourth-order valence-electron chi connectivity index (χ4n) is 2.16. The number of nitrogens with one attached hydrogen (secondary N) is 2. The molecule has 0 aromatic rings. The highest BCUT2D eigenvalue weighted by Gasteiger charge is 2.34. The summed E-state index contributed by atoms with van der Waals surface area (Å²) < 4.78 is 14.6. The maximum atomic E-state index is 14.1. The third-order valence-corrected chi connectivity index (χ3v) is 3.90. The van der Waals surface area contributed by atoms with Crippen LogP contribution in [0.25, 0.3) is 0 Å². The Morgan fingerprint density at radius 3 is 2.67 bits per heavy atom. The first-order valence-electron chi connectivity index (χ1n) is 6.93. The predicted molar refractivity (Wildman–Crippen MR) is 85.9 cm³/mol. The lowest BCUT2D eigenvalue weighted by Crippen LogP contribution is -2.55. The Morgan fingerprint density at radius 1 is 1.48 bits per heavy atom. The summed E-state index contributed by atoms with van der Waals surface area (Å²) in [5.74, 6) is -0.501. The lowest BCUT2D eigenvalue weighted by atomic mass is 9.91. The van der Waals surface area contributed by atoms with Crippen LogP contribution in [0.4, 0.5) is 9.18 Å². The van der Waals surface area contributed by atoms with Gasteiger partial charge < -0.3 is 20.6 Å². The fraction of sp³-hybridized carbons (Fsp3) is 0.846. The van der Waals surface area contributed by atoms with E-state index in [0.717, 1.165) is 0 Å². The number of rotatable bonds is 5. The van der Waals surface area contributed by atoms with Gasteiger partial charge in [0.25, 0.3) is 0 Å². The molecule has 1 aliphatic heterocycles. The van der Waals surface area contributed by atoms with Crippen LogP contribution >= 0.6 is 22.6 Å². The predicted octanol–water partition coefficient (Wildman–Crippen LogP) is 1.03. The second kappa shape index (κ2) is 8.11. The van der Waals surface area contributed by atoms with Crippen molar-refractivity contribution >= 4 is 34.5 Å². The van der Waals surface area contributed by atoms with Crippen LogP contribution in [0.15, 0.2) is 0 Å². The van der Waals surface area contributed by atoms with Crippen molar-refractivity contribution in [1.29, 1.82) is 0 Å². The van der Waals surface area contributed by atoms with Crippen LogP contribution in [-0.4, -0.2) is 57.9 Å². The number of nitrogens with zero attached hydrogens (tertiary/aromatic N) is 1. The molecule has 3 amide bonds. The Labute approximate surface area is 138 Å². The molecule has 0 aromatic carbocycles. The molecule has 1 heterocycles. The van der Waals surface area contributed by atoms with Gasteiger partial charge in [0.1, 0.15) is 6.17 Å². The Morgan fingerprint density at radius 2 is 2.14 bits per heavy atom. The van der Waals surface area contributed by atoms with Crippen molar-refractivity contribution in [1.82, 2.24) is 15.5 Å². The van der Waals surface area contributed by atoms with Gasteiger partial charge in [0.15, 0.2) is 0 Å². The second-order valence-corrected chi connectivity index (χ2v) is 6.68. The number of likely N-dealkylation sites (tertiary alicyclic amines) is 1. The lowest BCUT2D eigenvalue weighted by Gasteiger charge is -2.36. The summed E-state index contributed by atoms with van der Waals surface area (Å²) >= 11 is 2.02. The van der Waals surface area contributed by atoms with E-state index in [4.69, 9.17) is 5.11 Å². The Kier molecular flexibility index (Phi) is 7.11. The minimum absolute atomic E-state index is 0.0183. The number of piperidine rings is 1. The van der Waals surface area contributed by atoms with Gasteiger partial charge in [0.2, 0.25) is 5.91 Å². The minimum Gasteiger partial charge on any atom is -0.394 e. The Hall–Kier alpha value is -0.640. The van der Waals surface area contributed by atoms with E-state index in [1.165, 1.54) is 4.90 Å². The molecule has 3 N–H and O–H groups in total. The molecule has 0 aromatic heterocycles. The number of carbonyl (C=O) groups excluding carboxylic acids is 2. The smallest absolute Gasteiger partial charge is 0.317 e. The highest BCUT2D eigenvalue weighted by Crippen LogP contribution is 2.24. The highest BCUT2D eigenvalue weighted by atomic mass is 127. The fourth-order valence-corrected chi connectivity index (χ4v) is 2.59. The van der Waals surface area contributed by atoms with Gasteiger partial charge >= 0.3 is 6.03 Å². The molecule has 6 nitrogen and oxygen atoms in total. The van der Waals surface area contributed by atoms with E-state index >= 15 is 0 Å². The van der Waals surface area contributed by atoms with Crippen molar-refractivity contribution in [3.8, 4) is 0 Å². The minimum atomic E-state index is -1.21. The largest absolute Gasteiger partial charge is 0.394 e. The summed E-state index contributed by atoms with van der Waals surface area (Å²) in [6.07, 6.45) is -0.591. The molecule has 21 heavy (non-hydrogen) atoms. The first-order chi connectivity index (χ1) is 9.79. The molecule has 8 heteroatoms. The molecule has 122 valence electrons. The first-order valence-corrected chi connectivity index (χ1v) is 8.46. The van der Waals surface area contributed by atoms with Gasteiger partial charge in [0.05, 0.1) is 23.2 Å². The topological polar surface area (TPSA) is 81.7 Å². The van der Waals surface area contributed by atoms with E-state index in [9.17, 15) is 14.0 Å². The maximum absolute atomic E-state index is 14.1. The monoisotopic (exact) mass is 415 g/mol. The van der Waals surface area contributed by atoms with Crippen LogP contribution in [0.2, 0.25) is 0 Å². The summed E-state index contributed by atoms with van der Waals surface area (Å²) in [6, 6.07) is -0.383. The van der Waals surface area contributed by atoms with Crippen LogP contribution in [-0.2, 0) is 4.79 Å². The average Bonchev–Trinajstić information content (AvgIpc) is 2.41. The summed E-state index contributed by atoms with van der Waals surface area (Å²) in [5, 5.41) is 14.4. The number of hydrogen-bond acceptors (Lipinski definition) is 3. The van der Waals surface area contributed by atoms with Gasteiger partial charge in [-0.2, -0.15) is 0 Å². The SMILES string of the molecule is CC(C)(CO)NC(=O)N1CCC(CC(=O)NCI)C(F)C1. The van der Waals surface area contributed by atoms with E-state index in [1.54, 1.807) is 13.8 Å². The van der Waals surface area contributed by atoms with Crippen LogP contribution < -0.4 is 10.6 Å². The molecule has 0 spiro atoms. The summed E-state index contributed by atoms with van der Waals surface area (Å²) in [7, 11) is 0. The molecule has 0 bridgehead atoms. The first kappa shape index (κ1) is 18.4. The normalized spacial score (nSPS) is 22.8. The second-order valence-electron chi connectivity index (χ2n) is 5.92. The molecule has 0 saturated carbocycles. The third kappa shape index (κ3) is 5.93. The summed E-state index contributed by atoms with van der Waals surface area (Å²) in [5.41, 5.74) is -0.736. The van der Waals surface area contributed by atoms with Crippen molar-refractivity contribution in [2.45, 2.75) is 38.4 Å². The average molecular weight is 415 g/mol. The molecule has 1 saturated heterocycles. The molecular formula is C13H23FIN3O3. The number of halogens is 2. The number of alkyl halides is 2. The van der Waals surface area contributed by atoms with E-state index in [1.807, 2.05) is 22.6 Å². The molecule has 0 aliphatic carbocycles. The van der Waals surface area contributed by atoms with Gasteiger partial charge in [-0.15, -0.1) is 0 Å². The van der Waals surface area contributed by atoms with E-state index in [-0.39, 0.29) is 37.4 Å². The van der Waals surface area contributed by atoms with Crippen LogP contribution in [0.1, 0.15) is 26.7 Å². The van der Waals surface area contributed by atoms with Crippen molar-refractivity contribution in [3.05, 3.63) is 0 Å². The number of hydrogen-bond donors (Lipinski definition) is 3. The Balaban J connectivity index is 2.48. The van der Waals surface area contributed by atoms with Gasteiger partial charge in [-0.25, -0.2) is 9.18 Å². The van der Waals surface area contributed by atoms with Crippen LogP contribution in [0, 0.1) is 5.92 Å². The molecular weight excluding hydrogens is 392 g/mol. The molecule has 2 unspecified atom stereocenters. The van der Waals surface area contributed by atoms with Crippen LogP contribution in [0.5, 0.6) is 0 Å².